The highest BCUT2D eigenvalue weighted by Crippen LogP contribution is 2.20. The molecule has 4 aromatic rings. The molecule has 0 spiro atoms. The molecule has 0 aliphatic heterocycles. The van der Waals surface area contributed by atoms with Gasteiger partial charge >= 0.3 is 0 Å². The van der Waals surface area contributed by atoms with Crippen LogP contribution in [0.3, 0.4) is 0 Å². The molecule has 162 valence electrons. The lowest BCUT2D eigenvalue weighted by molar-refractivity contribution is 1.44. The Morgan fingerprint density at radius 1 is 0.364 bits per heavy atom. The summed E-state index contributed by atoms with van der Waals surface area (Å²) in [6.07, 6.45) is 13.2. The van der Waals surface area contributed by atoms with E-state index in [0.29, 0.717) is 0 Å². The maximum absolute atomic E-state index is 2.24. The van der Waals surface area contributed by atoms with E-state index in [1.54, 1.807) is 0 Å². The molecule has 4 rings (SSSR count). The van der Waals surface area contributed by atoms with Gasteiger partial charge in [-0.15, -0.1) is 0 Å². The average Bonchev–Trinajstić information content (AvgIpc) is 2.82. The smallest absolute Gasteiger partial charge is 0.0227 e. The van der Waals surface area contributed by atoms with Crippen LogP contribution in [0.4, 0.5) is 0 Å². The van der Waals surface area contributed by atoms with Crippen molar-refractivity contribution >= 4 is 36.5 Å². The van der Waals surface area contributed by atoms with Crippen molar-refractivity contribution in [1.29, 1.82) is 0 Å². The van der Waals surface area contributed by atoms with E-state index in [4.69, 9.17) is 0 Å². The highest BCUT2D eigenvalue weighted by atomic mass is 14.0. The summed E-state index contributed by atoms with van der Waals surface area (Å²) in [5.74, 6) is 0. The molecular weight excluding hydrogens is 396 g/mol. The first-order valence-corrected chi connectivity index (χ1v) is 11.4. The van der Waals surface area contributed by atoms with Crippen LogP contribution in [0.5, 0.6) is 0 Å². The quantitative estimate of drug-likeness (QED) is 0.270. The lowest BCUT2D eigenvalue weighted by Crippen LogP contribution is -1.84. The number of hydrogen-bond acceptors (Lipinski definition) is 0. The van der Waals surface area contributed by atoms with E-state index in [1.807, 2.05) is 0 Å². The highest BCUT2D eigenvalue weighted by Gasteiger charge is 1.99. The minimum atomic E-state index is 1.19. The van der Waals surface area contributed by atoms with Crippen LogP contribution in [0.15, 0.2) is 91.0 Å². The Balaban J connectivity index is 1.70. The van der Waals surface area contributed by atoms with E-state index in [2.05, 4.69) is 148 Å². The van der Waals surface area contributed by atoms with E-state index in [-0.39, 0.29) is 0 Å². The van der Waals surface area contributed by atoms with Gasteiger partial charge in [0.2, 0.25) is 0 Å². The minimum absolute atomic E-state index is 1.19. The first kappa shape index (κ1) is 22.3. The van der Waals surface area contributed by atoms with Crippen molar-refractivity contribution in [3.8, 4) is 0 Å². The second-order valence-corrected chi connectivity index (χ2v) is 8.50. The van der Waals surface area contributed by atoms with Gasteiger partial charge in [-0.2, -0.15) is 0 Å². The Kier molecular flexibility index (Phi) is 7.17. The van der Waals surface area contributed by atoms with Crippen molar-refractivity contribution in [1.82, 2.24) is 0 Å². The predicted molar refractivity (Wildman–Crippen MR) is 147 cm³/mol. The Bertz CT molecular complexity index is 1150. The van der Waals surface area contributed by atoms with Crippen LogP contribution in [0.1, 0.15) is 50.1 Å². The van der Waals surface area contributed by atoms with Gasteiger partial charge in [-0.05, 0) is 89.0 Å². The van der Waals surface area contributed by atoms with E-state index in [1.165, 1.54) is 50.1 Å². The van der Waals surface area contributed by atoms with Crippen LogP contribution in [-0.4, -0.2) is 0 Å². The fraction of sp³-hybridized carbons (Fsp3) is 0.0909. The van der Waals surface area contributed by atoms with Gasteiger partial charge < -0.3 is 0 Å². The van der Waals surface area contributed by atoms with Crippen LogP contribution in [0.25, 0.3) is 36.5 Å². The number of rotatable bonds is 6. The van der Waals surface area contributed by atoms with Gasteiger partial charge in [0.25, 0.3) is 0 Å². The molecule has 0 saturated carbocycles. The van der Waals surface area contributed by atoms with Crippen LogP contribution in [0, 0.1) is 20.8 Å². The van der Waals surface area contributed by atoms with Gasteiger partial charge in [-0.1, -0.05) is 109 Å². The molecular formula is C33H30. The third-order valence-electron chi connectivity index (χ3n) is 5.93. The molecule has 0 fully saturated rings. The summed E-state index contributed by atoms with van der Waals surface area (Å²) in [6.45, 7) is 6.45. The molecule has 0 amide bonds. The molecule has 0 unspecified atom stereocenters. The van der Waals surface area contributed by atoms with Crippen molar-refractivity contribution < 1.29 is 0 Å². The summed E-state index contributed by atoms with van der Waals surface area (Å²) in [5, 5.41) is 0. The Morgan fingerprint density at radius 2 is 0.636 bits per heavy atom. The first-order chi connectivity index (χ1) is 16.1. The Labute approximate surface area is 198 Å². The lowest BCUT2D eigenvalue weighted by Gasteiger charge is -2.05. The largest absolute Gasteiger partial charge is 0.0620 e. The van der Waals surface area contributed by atoms with Crippen LogP contribution < -0.4 is 0 Å². The monoisotopic (exact) mass is 426 g/mol. The van der Waals surface area contributed by atoms with Crippen molar-refractivity contribution in [2.75, 3.05) is 0 Å². The molecule has 0 saturated heterocycles. The number of hydrogen-bond donors (Lipinski definition) is 0. The minimum Gasteiger partial charge on any atom is -0.0620 e. The van der Waals surface area contributed by atoms with Gasteiger partial charge in [-0.3, -0.25) is 0 Å². The van der Waals surface area contributed by atoms with E-state index >= 15 is 0 Å². The normalized spacial score (nSPS) is 11.7. The molecule has 0 bridgehead atoms. The molecule has 0 heterocycles. The lowest BCUT2D eigenvalue weighted by atomic mass is 10.0. The van der Waals surface area contributed by atoms with Gasteiger partial charge in [0.1, 0.15) is 0 Å². The fourth-order valence-electron chi connectivity index (χ4n) is 3.87. The Morgan fingerprint density at radius 3 is 0.909 bits per heavy atom. The second-order valence-electron chi connectivity index (χ2n) is 8.50. The molecule has 33 heavy (non-hydrogen) atoms. The topological polar surface area (TPSA) is 0 Å². The summed E-state index contributed by atoms with van der Waals surface area (Å²) in [6, 6.07) is 32.2. The first-order valence-electron chi connectivity index (χ1n) is 11.4. The molecule has 0 heteroatoms. The third-order valence-corrected chi connectivity index (χ3v) is 5.93. The zero-order valence-electron chi connectivity index (χ0n) is 19.6. The Hall–Kier alpha value is -3.90. The zero-order valence-corrected chi connectivity index (χ0v) is 19.6. The SMILES string of the molecule is Cc1ccccc1/C=C/c1cc(/C=C/c2ccccc2C)cc(/C=C/c2ccccc2C)c1. The van der Waals surface area contributed by atoms with Crippen molar-refractivity contribution in [3.05, 3.63) is 141 Å². The van der Waals surface area contributed by atoms with E-state index in [0.717, 1.165) is 0 Å². The van der Waals surface area contributed by atoms with Crippen LogP contribution in [-0.2, 0) is 0 Å². The van der Waals surface area contributed by atoms with Crippen LogP contribution in [0.2, 0.25) is 0 Å². The third kappa shape index (κ3) is 6.08. The summed E-state index contributed by atoms with van der Waals surface area (Å²) in [7, 11) is 0. The highest BCUT2D eigenvalue weighted by molar-refractivity contribution is 5.79. The fourth-order valence-corrected chi connectivity index (χ4v) is 3.87. The maximum atomic E-state index is 2.24. The molecule has 0 nitrogen and oxygen atoms in total. The predicted octanol–water partition coefficient (Wildman–Crippen LogP) is 9.12. The molecule has 0 N–H and O–H groups in total. The van der Waals surface area contributed by atoms with Crippen molar-refractivity contribution in [2.45, 2.75) is 20.8 Å². The van der Waals surface area contributed by atoms with Crippen molar-refractivity contribution in [2.24, 2.45) is 0 Å². The zero-order chi connectivity index (χ0) is 23.0. The molecule has 0 aromatic heterocycles. The van der Waals surface area contributed by atoms with Gasteiger partial charge in [0.15, 0.2) is 0 Å². The standard InChI is InChI=1S/C33H30/c1-25-10-4-7-13-31(25)19-16-28-22-29(17-20-32-14-8-5-11-26(32)2)24-30(23-28)18-21-33-15-9-6-12-27(33)3/h4-24H,1-3H3/b19-16+,20-17+,21-18+. The van der Waals surface area contributed by atoms with Gasteiger partial charge in [0, 0.05) is 0 Å². The van der Waals surface area contributed by atoms with E-state index < -0.39 is 0 Å². The van der Waals surface area contributed by atoms with Gasteiger partial charge in [0.05, 0.1) is 0 Å². The summed E-state index contributed by atoms with van der Waals surface area (Å²) >= 11 is 0. The average molecular weight is 427 g/mol. The van der Waals surface area contributed by atoms with Crippen LogP contribution >= 0.6 is 0 Å². The molecule has 0 radical (unpaired) electrons. The summed E-state index contributed by atoms with van der Waals surface area (Å²) in [4.78, 5) is 0. The van der Waals surface area contributed by atoms with Gasteiger partial charge in [-0.25, -0.2) is 0 Å². The van der Waals surface area contributed by atoms with Crippen molar-refractivity contribution in [3.63, 3.8) is 0 Å². The molecule has 0 aliphatic carbocycles. The number of aryl methyl sites for hydroxylation is 3. The van der Waals surface area contributed by atoms with E-state index in [9.17, 15) is 0 Å². The second kappa shape index (κ2) is 10.6. The summed E-state index contributed by atoms with van der Waals surface area (Å²) < 4.78 is 0. The number of benzene rings is 4. The summed E-state index contributed by atoms with van der Waals surface area (Å²) in [5.41, 5.74) is 11.2. The maximum Gasteiger partial charge on any atom is -0.0227 e. The molecule has 0 atom stereocenters. The molecule has 4 aromatic carbocycles. The molecule has 0 aliphatic rings.